The lowest BCUT2D eigenvalue weighted by Crippen LogP contribution is -2.09. The van der Waals surface area contributed by atoms with Gasteiger partial charge in [-0.25, -0.2) is 0 Å². The van der Waals surface area contributed by atoms with E-state index in [4.69, 9.17) is 9.84 Å². The van der Waals surface area contributed by atoms with E-state index in [1.54, 1.807) is 13.8 Å². The quantitative estimate of drug-likeness (QED) is 0.748. The van der Waals surface area contributed by atoms with Gasteiger partial charge in [0.25, 0.3) is 0 Å². The smallest absolute Gasteiger partial charge is 0.165 e. The Morgan fingerprint density at radius 2 is 2.19 bits per heavy atom. The number of ketones is 1. The highest BCUT2D eigenvalue weighted by Crippen LogP contribution is 2.27. The fraction of sp³-hybridized carbons (Fsp3) is 0.417. The molecule has 0 heterocycles. The number of hydrogen-bond acceptors (Lipinski definition) is 4. The van der Waals surface area contributed by atoms with Crippen molar-refractivity contribution in [1.82, 2.24) is 0 Å². The van der Waals surface area contributed by atoms with Crippen molar-refractivity contribution in [3.8, 4) is 11.5 Å². The number of hydrogen-bond donors (Lipinski definition) is 2. The number of phenols is 1. The van der Waals surface area contributed by atoms with Crippen LogP contribution in [0.5, 0.6) is 11.5 Å². The maximum absolute atomic E-state index is 11.6. The monoisotopic (exact) mass is 224 g/mol. The lowest BCUT2D eigenvalue weighted by molar-refractivity contribution is 0.0901. The van der Waals surface area contributed by atoms with Crippen LogP contribution < -0.4 is 4.74 Å². The molecular formula is C12H16O4. The highest BCUT2D eigenvalue weighted by Gasteiger charge is 2.12. The molecule has 0 aliphatic carbocycles. The van der Waals surface area contributed by atoms with E-state index in [2.05, 4.69) is 0 Å². The van der Waals surface area contributed by atoms with Gasteiger partial charge in [0.2, 0.25) is 0 Å². The van der Waals surface area contributed by atoms with Gasteiger partial charge in [-0.15, -0.1) is 0 Å². The van der Waals surface area contributed by atoms with E-state index in [9.17, 15) is 9.90 Å². The average molecular weight is 224 g/mol. The van der Waals surface area contributed by atoms with E-state index in [-0.39, 0.29) is 18.0 Å². The third-order valence-electron chi connectivity index (χ3n) is 2.06. The van der Waals surface area contributed by atoms with Crippen molar-refractivity contribution in [2.24, 2.45) is 0 Å². The van der Waals surface area contributed by atoms with Gasteiger partial charge in [-0.2, -0.15) is 0 Å². The molecule has 0 aliphatic heterocycles. The second kappa shape index (κ2) is 5.51. The summed E-state index contributed by atoms with van der Waals surface area (Å²) < 4.78 is 5.17. The van der Waals surface area contributed by atoms with Crippen molar-refractivity contribution < 1.29 is 19.7 Å². The van der Waals surface area contributed by atoms with Crippen molar-refractivity contribution >= 4 is 5.78 Å². The summed E-state index contributed by atoms with van der Waals surface area (Å²) in [5, 5.41) is 18.6. The average Bonchev–Trinajstić information content (AvgIpc) is 2.20. The zero-order valence-electron chi connectivity index (χ0n) is 9.43. The number of rotatable bonds is 5. The number of aromatic hydroxyl groups is 1. The first-order chi connectivity index (χ1) is 7.54. The molecule has 0 radical (unpaired) electrons. The standard InChI is InChI=1S/C12H16O4/c1-3-16-12-7-9(4-5-10(12)14)11(15)6-8(2)13/h4-5,7-8,13-14H,3,6H2,1-2H3. The lowest BCUT2D eigenvalue weighted by Gasteiger charge is -2.08. The van der Waals surface area contributed by atoms with Crippen LogP contribution in [0.15, 0.2) is 18.2 Å². The summed E-state index contributed by atoms with van der Waals surface area (Å²) in [5.41, 5.74) is 0.433. The first-order valence-corrected chi connectivity index (χ1v) is 5.21. The lowest BCUT2D eigenvalue weighted by atomic mass is 10.1. The van der Waals surface area contributed by atoms with E-state index in [1.807, 2.05) is 0 Å². The molecule has 1 aromatic carbocycles. The molecule has 88 valence electrons. The highest BCUT2D eigenvalue weighted by molar-refractivity contribution is 5.96. The summed E-state index contributed by atoms with van der Waals surface area (Å²) in [4.78, 5) is 11.6. The van der Waals surface area contributed by atoms with Gasteiger partial charge in [-0.1, -0.05) is 0 Å². The molecule has 0 saturated heterocycles. The Labute approximate surface area is 94.5 Å². The molecule has 0 spiro atoms. The Morgan fingerprint density at radius 3 is 2.75 bits per heavy atom. The number of carbonyl (C=O) groups is 1. The Morgan fingerprint density at radius 1 is 1.50 bits per heavy atom. The van der Waals surface area contributed by atoms with Crippen LogP contribution in [0.1, 0.15) is 30.6 Å². The van der Waals surface area contributed by atoms with Gasteiger partial charge < -0.3 is 14.9 Å². The van der Waals surface area contributed by atoms with Crippen molar-refractivity contribution in [2.45, 2.75) is 26.4 Å². The molecule has 1 rings (SSSR count). The third kappa shape index (κ3) is 3.24. The van der Waals surface area contributed by atoms with Gasteiger partial charge >= 0.3 is 0 Å². The predicted molar refractivity (Wildman–Crippen MR) is 59.9 cm³/mol. The number of benzene rings is 1. The molecule has 2 N–H and O–H groups in total. The van der Waals surface area contributed by atoms with Gasteiger partial charge in [0.15, 0.2) is 17.3 Å². The topological polar surface area (TPSA) is 66.8 Å². The fourth-order valence-electron chi connectivity index (χ4n) is 1.34. The second-order valence-corrected chi connectivity index (χ2v) is 3.59. The van der Waals surface area contributed by atoms with Gasteiger partial charge in [0.1, 0.15) is 0 Å². The van der Waals surface area contributed by atoms with E-state index in [0.29, 0.717) is 17.9 Å². The van der Waals surface area contributed by atoms with Crippen molar-refractivity contribution in [3.05, 3.63) is 23.8 Å². The number of phenolic OH excluding ortho intramolecular Hbond substituents is 1. The van der Waals surface area contributed by atoms with Gasteiger partial charge in [0, 0.05) is 12.0 Å². The maximum atomic E-state index is 11.6. The van der Waals surface area contributed by atoms with Gasteiger partial charge in [-0.3, -0.25) is 4.79 Å². The summed E-state index contributed by atoms with van der Waals surface area (Å²) in [6.45, 7) is 3.77. The molecule has 0 amide bonds. The molecule has 0 fully saturated rings. The van der Waals surface area contributed by atoms with Crippen LogP contribution in [0.3, 0.4) is 0 Å². The number of carbonyl (C=O) groups excluding carboxylic acids is 1. The zero-order valence-corrected chi connectivity index (χ0v) is 9.43. The number of aliphatic hydroxyl groups is 1. The molecule has 0 aliphatic rings. The molecule has 1 aromatic rings. The largest absolute Gasteiger partial charge is 0.504 e. The van der Waals surface area contributed by atoms with Crippen molar-refractivity contribution in [3.63, 3.8) is 0 Å². The van der Waals surface area contributed by atoms with Crippen molar-refractivity contribution in [1.29, 1.82) is 0 Å². The first-order valence-electron chi connectivity index (χ1n) is 5.21. The van der Waals surface area contributed by atoms with E-state index < -0.39 is 6.10 Å². The molecule has 0 bridgehead atoms. The number of Topliss-reactive ketones (excluding diaryl/α,β-unsaturated/α-hetero) is 1. The minimum atomic E-state index is -0.670. The van der Waals surface area contributed by atoms with Crippen LogP contribution in [0.25, 0.3) is 0 Å². The van der Waals surface area contributed by atoms with Gasteiger partial charge in [0.05, 0.1) is 12.7 Å². The fourth-order valence-corrected chi connectivity index (χ4v) is 1.34. The Hall–Kier alpha value is -1.55. The highest BCUT2D eigenvalue weighted by atomic mass is 16.5. The van der Waals surface area contributed by atoms with Crippen LogP contribution in [0.4, 0.5) is 0 Å². The molecule has 4 heteroatoms. The number of ether oxygens (including phenoxy) is 1. The van der Waals surface area contributed by atoms with Crippen LogP contribution >= 0.6 is 0 Å². The summed E-state index contributed by atoms with van der Waals surface area (Å²) >= 11 is 0. The molecule has 4 nitrogen and oxygen atoms in total. The molecule has 16 heavy (non-hydrogen) atoms. The molecule has 1 atom stereocenters. The molecule has 0 aromatic heterocycles. The van der Waals surface area contributed by atoms with E-state index in [0.717, 1.165) is 0 Å². The zero-order chi connectivity index (χ0) is 12.1. The van der Waals surface area contributed by atoms with Crippen LogP contribution in [0.2, 0.25) is 0 Å². The Bertz CT molecular complexity index is 371. The van der Waals surface area contributed by atoms with Gasteiger partial charge in [-0.05, 0) is 32.0 Å². The summed E-state index contributed by atoms with van der Waals surface area (Å²) in [5.74, 6) is 0.130. The second-order valence-electron chi connectivity index (χ2n) is 3.59. The predicted octanol–water partition coefficient (Wildman–Crippen LogP) is 1.74. The molecule has 0 saturated carbocycles. The maximum Gasteiger partial charge on any atom is 0.165 e. The summed E-state index contributed by atoms with van der Waals surface area (Å²) in [7, 11) is 0. The van der Waals surface area contributed by atoms with Crippen LogP contribution in [-0.2, 0) is 0 Å². The molecular weight excluding hydrogens is 208 g/mol. The van der Waals surface area contributed by atoms with Crippen LogP contribution in [0, 0.1) is 0 Å². The minimum Gasteiger partial charge on any atom is -0.504 e. The first kappa shape index (κ1) is 12.5. The Balaban J connectivity index is 2.89. The Kier molecular flexibility index (Phi) is 4.31. The van der Waals surface area contributed by atoms with E-state index >= 15 is 0 Å². The third-order valence-corrected chi connectivity index (χ3v) is 2.06. The normalized spacial score (nSPS) is 12.2. The van der Waals surface area contributed by atoms with Crippen LogP contribution in [-0.4, -0.2) is 28.7 Å². The van der Waals surface area contributed by atoms with E-state index in [1.165, 1.54) is 18.2 Å². The molecule has 1 unspecified atom stereocenters. The number of aliphatic hydroxyl groups excluding tert-OH is 1. The summed E-state index contributed by atoms with van der Waals surface area (Å²) in [6, 6.07) is 4.42. The minimum absolute atomic E-state index is 0.00967. The van der Waals surface area contributed by atoms with Crippen molar-refractivity contribution in [2.75, 3.05) is 6.61 Å². The summed E-state index contributed by atoms with van der Waals surface area (Å²) in [6.07, 6.45) is -0.604. The SMILES string of the molecule is CCOc1cc(C(=O)CC(C)O)ccc1O.